The molecule has 0 atom stereocenters. The van der Waals surface area contributed by atoms with Gasteiger partial charge in [0.15, 0.2) is 0 Å². The van der Waals surface area contributed by atoms with Gasteiger partial charge in [-0.1, -0.05) is 43.0 Å². The largest absolute Gasteiger partial charge is 0.280 e. The molecule has 4 aromatic rings. The van der Waals surface area contributed by atoms with E-state index in [9.17, 15) is 4.79 Å². The van der Waals surface area contributed by atoms with Crippen LogP contribution in [0.25, 0.3) is 16.5 Å². The summed E-state index contributed by atoms with van der Waals surface area (Å²) in [7, 11) is 1.87. The molecule has 29 heavy (non-hydrogen) atoms. The number of para-hydroxylation sites is 1. The van der Waals surface area contributed by atoms with Crippen molar-refractivity contribution in [2.24, 2.45) is 7.05 Å². The first-order valence-electron chi connectivity index (χ1n) is 9.96. The summed E-state index contributed by atoms with van der Waals surface area (Å²) in [6.07, 6.45) is 6.39. The summed E-state index contributed by atoms with van der Waals surface area (Å²) in [6.45, 7) is 2.13. The van der Waals surface area contributed by atoms with Gasteiger partial charge in [-0.05, 0) is 54.0 Å². The summed E-state index contributed by atoms with van der Waals surface area (Å²) in [4.78, 5) is 13.8. The highest BCUT2D eigenvalue weighted by molar-refractivity contribution is 5.95. The summed E-state index contributed by atoms with van der Waals surface area (Å²) < 4.78 is 3.62. The second kappa shape index (κ2) is 6.79. The van der Waals surface area contributed by atoms with Gasteiger partial charge in [0.1, 0.15) is 0 Å². The number of aryl methyl sites for hydroxylation is 3. The molecule has 4 nitrogen and oxygen atoms in total. The van der Waals surface area contributed by atoms with Crippen LogP contribution in [0.4, 0.5) is 0 Å². The smallest absolute Gasteiger partial charge is 0.264 e. The minimum atomic E-state index is 0.0195. The maximum Gasteiger partial charge on any atom is 0.264 e. The number of pyridine rings is 1. The summed E-state index contributed by atoms with van der Waals surface area (Å²) in [5.74, 6) is 6.41. The lowest BCUT2D eigenvalue weighted by molar-refractivity contribution is 0.767. The third kappa shape index (κ3) is 2.78. The molecule has 0 bridgehead atoms. The minimum absolute atomic E-state index is 0.0195. The van der Waals surface area contributed by atoms with Crippen LogP contribution in [0.1, 0.15) is 34.9 Å². The molecule has 5 rings (SSSR count). The van der Waals surface area contributed by atoms with Crippen LogP contribution in [0.3, 0.4) is 0 Å². The zero-order valence-electron chi connectivity index (χ0n) is 16.6. The first-order valence-corrected chi connectivity index (χ1v) is 9.96. The summed E-state index contributed by atoms with van der Waals surface area (Å²) in [5, 5.41) is 6.04. The zero-order chi connectivity index (χ0) is 20.0. The van der Waals surface area contributed by atoms with E-state index in [1.165, 1.54) is 11.1 Å². The lowest BCUT2D eigenvalue weighted by Gasteiger charge is -2.17. The third-order valence-corrected chi connectivity index (χ3v) is 5.67. The molecule has 4 heteroatoms. The fourth-order valence-corrected chi connectivity index (χ4v) is 4.41. The van der Waals surface area contributed by atoms with Crippen LogP contribution < -0.4 is 5.56 Å². The predicted octanol–water partition coefficient (Wildman–Crippen LogP) is 3.79. The molecule has 2 aromatic carbocycles. The summed E-state index contributed by atoms with van der Waals surface area (Å²) in [5.41, 5.74) is 6.23. The first-order chi connectivity index (χ1) is 14.2. The van der Waals surface area contributed by atoms with Gasteiger partial charge in [0, 0.05) is 30.2 Å². The number of nitrogens with zero attached hydrogens (tertiary/aromatic N) is 3. The molecule has 0 saturated carbocycles. The van der Waals surface area contributed by atoms with Crippen molar-refractivity contribution in [2.45, 2.75) is 26.2 Å². The SMILES string of the molecule is CCc1c2c3c(ccc(C#Cc4cnn(C)c4)c3c(=O)n1-c1ccccc1)CC2. The average molecular weight is 379 g/mol. The fraction of sp³-hybridized carbons (Fsp3) is 0.200. The Kier molecular flexibility index (Phi) is 4.10. The second-order valence-electron chi connectivity index (χ2n) is 7.43. The monoisotopic (exact) mass is 379 g/mol. The van der Waals surface area contributed by atoms with Crippen molar-refractivity contribution in [1.82, 2.24) is 14.3 Å². The number of benzene rings is 2. The Morgan fingerprint density at radius 1 is 1.03 bits per heavy atom. The van der Waals surface area contributed by atoms with Crippen molar-refractivity contribution >= 4 is 10.8 Å². The number of hydrogen-bond donors (Lipinski definition) is 0. The van der Waals surface area contributed by atoms with Crippen molar-refractivity contribution in [2.75, 3.05) is 0 Å². The van der Waals surface area contributed by atoms with Crippen LogP contribution in [0.2, 0.25) is 0 Å². The Morgan fingerprint density at radius 2 is 1.86 bits per heavy atom. The van der Waals surface area contributed by atoms with Crippen molar-refractivity contribution in [3.05, 3.63) is 93.2 Å². The van der Waals surface area contributed by atoms with E-state index in [0.717, 1.165) is 52.5 Å². The lowest BCUT2D eigenvalue weighted by atomic mass is 9.99. The van der Waals surface area contributed by atoms with E-state index < -0.39 is 0 Å². The molecule has 2 aromatic heterocycles. The normalized spacial score (nSPS) is 12.2. The topological polar surface area (TPSA) is 39.8 Å². The fourth-order valence-electron chi connectivity index (χ4n) is 4.41. The van der Waals surface area contributed by atoms with Crippen molar-refractivity contribution in [1.29, 1.82) is 0 Å². The average Bonchev–Trinajstić information content (AvgIpc) is 3.36. The molecule has 0 fully saturated rings. The zero-order valence-corrected chi connectivity index (χ0v) is 16.6. The molecule has 1 aliphatic rings. The molecular formula is C25H21N3O. The Bertz CT molecular complexity index is 1360. The van der Waals surface area contributed by atoms with Crippen LogP contribution in [0.15, 0.2) is 59.7 Å². The minimum Gasteiger partial charge on any atom is -0.280 e. The first kappa shape index (κ1) is 17.5. The molecule has 0 spiro atoms. The van der Waals surface area contributed by atoms with Crippen LogP contribution in [0, 0.1) is 11.8 Å². The molecule has 2 heterocycles. The highest BCUT2D eigenvalue weighted by Crippen LogP contribution is 2.34. The highest BCUT2D eigenvalue weighted by Gasteiger charge is 2.24. The van der Waals surface area contributed by atoms with Gasteiger partial charge in [-0.2, -0.15) is 5.10 Å². The van der Waals surface area contributed by atoms with Crippen molar-refractivity contribution in [3.63, 3.8) is 0 Å². The third-order valence-electron chi connectivity index (χ3n) is 5.67. The standard InChI is InChI=1S/C25H21N3O/c1-3-22-21-14-13-18-11-12-19(10-9-17-15-26-27(2)16-17)24(23(18)21)25(29)28(22)20-7-5-4-6-8-20/h4-8,11-12,15-16H,3,13-14H2,1-2H3. The van der Waals surface area contributed by atoms with Gasteiger partial charge in [0.2, 0.25) is 0 Å². The van der Waals surface area contributed by atoms with Gasteiger partial charge in [0.25, 0.3) is 5.56 Å². The molecule has 0 radical (unpaired) electrons. The predicted molar refractivity (Wildman–Crippen MR) is 116 cm³/mol. The quantitative estimate of drug-likeness (QED) is 0.497. The molecule has 0 N–H and O–H groups in total. The summed E-state index contributed by atoms with van der Waals surface area (Å²) >= 11 is 0. The van der Waals surface area contributed by atoms with Gasteiger partial charge in [-0.25, -0.2) is 0 Å². The molecule has 0 unspecified atom stereocenters. The second-order valence-corrected chi connectivity index (χ2v) is 7.43. The van der Waals surface area contributed by atoms with E-state index in [-0.39, 0.29) is 5.56 Å². The Labute approximate surface area is 169 Å². The van der Waals surface area contributed by atoms with E-state index >= 15 is 0 Å². The van der Waals surface area contributed by atoms with E-state index in [1.54, 1.807) is 10.9 Å². The van der Waals surface area contributed by atoms with Crippen molar-refractivity contribution in [3.8, 4) is 17.5 Å². The molecule has 0 saturated heterocycles. The van der Waals surface area contributed by atoms with Gasteiger partial charge < -0.3 is 0 Å². The van der Waals surface area contributed by atoms with Gasteiger partial charge in [-0.15, -0.1) is 0 Å². The molecule has 1 aliphatic carbocycles. The van der Waals surface area contributed by atoms with E-state index in [2.05, 4.69) is 29.9 Å². The van der Waals surface area contributed by atoms with Crippen LogP contribution in [-0.4, -0.2) is 14.3 Å². The Morgan fingerprint density at radius 3 is 2.59 bits per heavy atom. The van der Waals surface area contributed by atoms with E-state index in [4.69, 9.17) is 0 Å². The molecule has 0 aliphatic heterocycles. The Balaban J connectivity index is 1.84. The Hall–Kier alpha value is -3.58. The van der Waals surface area contributed by atoms with Crippen LogP contribution in [0.5, 0.6) is 0 Å². The maximum atomic E-state index is 13.8. The molecule has 0 amide bonds. The molecular weight excluding hydrogens is 358 g/mol. The van der Waals surface area contributed by atoms with Crippen molar-refractivity contribution < 1.29 is 0 Å². The van der Waals surface area contributed by atoms with E-state index in [0.29, 0.717) is 0 Å². The molecule has 142 valence electrons. The number of hydrogen-bond acceptors (Lipinski definition) is 2. The van der Waals surface area contributed by atoms with Crippen LogP contribution in [-0.2, 0) is 26.3 Å². The van der Waals surface area contributed by atoms with Crippen LogP contribution >= 0.6 is 0 Å². The van der Waals surface area contributed by atoms with Gasteiger partial charge >= 0.3 is 0 Å². The van der Waals surface area contributed by atoms with Gasteiger partial charge in [-0.3, -0.25) is 14.0 Å². The lowest BCUT2D eigenvalue weighted by Crippen LogP contribution is -2.24. The number of aromatic nitrogens is 3. The highest BCUT2D eigenvalue weighted by atomic mass is 16.1. The summed E-state index contributed by atoms with van der Waals surface area (Å²) in [6, 6.07) is 14.1. The maximum absolute atomic E-state index is 13.8. The number of rotatable bonds is 2. The van der Waals surface area contributed by atoms with Gasteiger partial charge in [0.05, 0.1) is 17.1 Å². The van der Waals surface area contributed by atoms with E-state index in [1.807, 2.05) is 54.2 Å².